The molecular weight excluding hydrogens is 287 g/mol. The number of hydrogen-bond acceptors (Lipinski definition) is 1. The molecule has 1 aromatic heterocycles. The van der Waals surface area contributed by atoms with Crippen LogP contribution in [0.5, 0.6) is 0 Å². The molecule has 0 aliphatic heterocycles. The van der Waals surface area contributed by atoms with E-state index in [2.05, 4.69) is 37.7 Å². The molecule has 0 amide bonds. The van der Waals surface area contributed by atoms with Crippen LogP contribution in [0.1, 0.15) is 79.1 Å². The van der Waals surface area contributed by atoms with Crippen LogP contribution in [0.2, 0.25) is 0 Å². The molecule has 0 aromatic carbocycles. The summed E-state index contributed by atoms with van der Waals surface area (Å²) >= 11 is 0. The monoisotopic (exact) mass is 327 g/mol. The smallest absolute Gasteiger partial charge is 0.0919 e. The Balaban J connectivity index is 0.000000734. The molecule has 0 unspecified atom stereocenters. The average molecular weight is 328 g/mol. The second kappa shape index (κ2) is 15.5. The van der Waals surface area contributed by atoms with E-state index in [1.807, 2.05) is 0 Å². The van der Waals surface area contributed by atoms with Crippen molar-refractivity contribution in [1.82, 2.24) is 9.97 Å². The average Bonchev–Trinajstić information content (AvgIpc) is 3.13. The molecule has 0 radical (unpaired) electrons. The second-order valence-electron chi connectivity index (χ2n) is 6.41. The number of imidazole rings is 1. The van der Waals surface area contributed by atoms with Gasteiger partial charge in [-0.25, -0.2) is 4.98 Å². The summed E-state index contributed by atoms with van der Waals surface area (Å²) in [7, 11) is -0.562. The predicted molar refractivity (Wildman–Crippen MR) is 105 cm³/mol. The van der Waals surface area contributed by atoms with Crippen LogP contribution in [0.4, 0.5) is 0 Å². The van der Waals surface area contributed by atoms with Gasteiger partial charge in [-0.05, 0) is 25.7 Å². The zero-order chi connectivity index (χ0) is 16.5. The summed E-state index contributed by atoms with van der Waals surface area (Å²) in [5, 5.41) is 0. The van der Waals surface area contributed by atoms with Gasteiger partial charge in [0.15, 0.2) is 0 Å². The minimum absolute atomic E-state index is 0.562. The van der Waals surface area contributed by atoms with Crippen molar-refractivity contribution in [2.45, 2.75) is 79.1 Å². The van der Waals surface area contributed by atoms with Gasteiger partial charge in [-0.1, -0.05) is 53.4 Å². The fraction of sp³-hybridized carbons (Fsp3) is 0.842. The Bertz CT molecular complexity index is 244. The summed E-state index contributed by atoms with van der Waals surface area (Å²) in [6.07, 6.45) is 23.0. The third-order valence-electron chi connectivity index (χ3n) is 4.35. The van der Waals surface area contributed by atoms with E-state index in [0.717, 1.165) is 0 Å². The summed E-state index contributed by atoms with van der Waals surface area (Å²) in [5.41, 5.74) is 0. The van der Waals surface area contributed by atoms with Crippen LogP contribution < -0.4 is 0 Å². The van der Waals surface area contributed by atoms with Crippen LogP contribution in [0.3, 0.4) is 0 Å². The van der Waals surface area contributed by atoms with Crippen molar-refractivity contribution in [3.63, 3.8) is 0 Å². The van der Waals surface area contributed by atoms with Crippen molar-refractivity contribution < 1.29 is 0 Å². The van der Waals surface area contributed by atoms with Gasteiger partial charge < -0.3 is 4.98 Å². The third-order valence-corrected chi connectivity index (χ3v) is 9.41. The molecule has 1 aromatic rings. The highest BCUT2D eigenvalue weighted by Gasteiger charge is 2.34. The molecule has 0 atom stereocenters. The highest BCUT2D eigenvalue weighted by atomic mass is 31.2. The Hall–Kier alpha value is -0.360. The first kappa shape index (κ1) is 21.6. The van der Waals surface area contributed by atoms with Crippen LogP contribution in [0.15, 0.2) is 18.7 Å². The molecule has 1 rings (SSSR count). The number of aromatic amines is 1. The van der Waals surface area contributed by atoms with Crippen molar-refractivity contribution >= 4 is 7.26 Å². The maximum Gasteiger partial charge on any atom is 0.0919 e. The topological polar surface area (TPSA) is 28.7 Å². The number of rotatable bonds is 12. The van der Waals surface area contributed by atoms with Gasteiger partial charge in [0.25, 0.3) is 0 Å². The normalized spacial score (nSPS) is 11.1. The minimum atomic E-state index is -0.562. The molecule has 2 nitrogen and oxygen atoms in total. The molecule has 0 aliphatic carbocycles. The molecule has 0 saturated heterocycles. The van der Waals surface area contributed by atoms with Crippen molar-refractivity contribution in [2.75, 3.05) is 24.6 Å². The molecule has 22 heavy (non-hydrogen) atoms. The number of unbranched alkanes of at least 4 members (excludes halogenated alkanes) is 4. The first-order valence-corrected chi connectivity index (χ1v) is 12.1. The van der Waals surface area contributed by atoms with Crippen LogP contribution in [-0.2, 0) is 0 Å². The molecule has 0 aliphatic rings. The number of nitrogens with one attached hydrogen (secondary N) is 1. The van der Waals surface area contributed by atoms with Gasteiger partial charge in [-0.3, -0.25) is 0 Å². The van der Waals surface area contributed by atoms with E-state index in [-0.39, 0.29) is 0 Å². The van der Waals surface area contributed by atoms with Gasteiger partial charge >= 0.3 is 0 Å². The number of hydrogen-bond donors (Lipinski definition) is 1. The second-order valence-corrected chi connectivity index (χ2v) is 10.9. The summed E-state index contributed by atoms with van der Waals surface area (Å²) in [6.45, 7) is 9.42. The molecule has 130 valence electrons. The standard InChI is InChI=1S/C16H36P.C3H4N2/c1-5-9-13-17(14-10-6-2,15-11-7-3)16-12-8-4;1-2-5-3-4-1/h5-16H2,1-4H3;1-3H,(H,4,5)/q+1;. The molecule has 0 bridgehead atoms. The van der Waals surface area contributed by atoms with Crippen LogP contribution in [0.25, 0.3) is 0 Å². The Kier molecular flexibility index (Phi) is 15.3. The summed E-state index contributed by atoms with van der Waals surface area (Å²) < 4.78 is 0. The molecule has 0 saturated carbocycles. The zero-order valence-electron chi connectivity index (χ0n) is 15.6. The van der Waals surface area contributed by atoms with Crippen LogP contribution >= 0.6 is 7.26 Å². The van der Waals surface area contributed by atoms with Crippen molar-refractivity contribution in [1.29, 1.82) is 0 Å². The van der Waals surface area contributed by atoms with Crippen molar-refractivity contribution in [2.24, 2.45) is 0 Å². The van der Waals surface area contributed by atoms with E-state index in [1.54, 1.807) is 43.4 Å². The molecular formula is C19H40N2P+. The largest absolute Gasteiger partial charge is 0.351 e. The van der Waals surface area contributed by atoms with E-state index in [4.69, 9.17) is 0 Å². The summed E-state index contributed by atoms with van der Waals surface area (Å²) in [6, 6.07) is 0. The van der Waals surface area contributed by atoms with E-state index in [1.165, 1.54) is 51.4 Å². The third kappa shape index (κ3) is 11.2. The highest BCUT2D eigenvalue weighted by Crippen LogP contribution is 2.61. The summed E-state index contributed by atoms with van der Waals surface area (Å²) in [4.78, 5) is 6.42. The lowest BCUT2D eigenvalue weighted by Crippen LogP contribution is -2.12. The van der Waals surface area contributed by atoms with E-state index < -0.39 is 7.26 Å². The van der Waals surface area contributed by atoms with Gasteiger partial charge in [0.2, 0.25) is 0 Å². The zero-order valence-corrected chi connectivity index (χ0v) is 16.5. The maximum absolute atomic E-state index is 3.67. The fourth-order valence-corrected chi connectivity index (χ4v) is 8.15. The summed E-state index contributed by atoms with van der Waals surface area (Å²) in [5.74, 6) is 0. The number of nitrogens with zero attached hydrogens (tertiary/aromatic N) is 1. The molecule has 0 fully saturated rings. The lowest BCUT2D eigenvalue weighted by molar-refractivity contribution is 0.814. The van der Waals surface area contributed by atoms with Crippen LogP contribution in [0, 0.1) is 0 Å². The number of H-pyrrole nitrogens is 1. The lowest BCUT2D eigenvalue weighted by Gasteiger charge is -2.28. The quantitative estimate of drug-likeness (QED) is 0.430. The molecule has 3 heteroatoms. The Morgan fingerprint density at radius 3 is 1.32 bits per heavy atom. The first-order valence-electron chi connectivity index (χ1n) is 9.52. The van der Waals surface area contributed by atoms with E-state index in [9.17, 15) is 0 Å². The van der Waals surface area contributed by atoms with Gasteiger partial charge in [0.05, 0.1) is 31.0 Å². The van der Waals surface area contributed by atoms with Gasteiger partial charge in [-0.2, -0.15) is 0 Å². The molecule has 1 heterocycles. The van der Waals surface area contributed by atoms with E-state index >= 15 is 0 Å². The molecule has 1 N–H and O–H groups in total. The van der Waals surface area contributed by atoms with Crippen molar-refractivity contribution in [3.8, 4) is 0 Å². The Morgan fingerprint density at radius 2 is 1.14 bits per heavy atom. The maximum atomic E-state index is 3.67. The highest BCUT2D eigenvalue weighted by molar-refractivity contribution is 7.75. The first-order chi connectivity index (χ1) is 10.7. The van der Waals surface area contributed by atoms with Gasteiger partial charge in [0.1, 0.15) is 0 Å². The molecule has 0 spiro atoms. The lowest BCUT2D eigenvalue weighted by atomic mass is 10.4. The fourth-order valence-electron chi connectivity index (χ4n) is 2.86. The van der Waals surface area contributed by atoms with Gasteiger partial charge in [0, 0.05) is 19.7 Å². The number of aromatic nitrogens is 2. The van der Waals surface area contributed by atoms with Crippen LogP contribution in [-0.4, -0.2) is 34.6 Å². The SMILES string of the molecule is CCCC[P+](CCCC)(CCCC)CCCC.c1c[nH]cn1. The minimum Gasteiger partial charge on any atom is -0.351 e. The predicted octanol–water partition coefficient (Wildman–Crippen LogP) is 6.61. The van der Waals surface area contributed by atoms with E-state index in [0.29, 0.717) is 0 Å². The Morgan fingerprint density at radius 1 is 0.727 bits per heavy atom. The van der Waals surface area contributed by atoms with Gasteiger partial charge in [-0.15, -0.1) is 0 Å². The van der Waals surface area contributed by atoms with Crippen molar-refractivity contribution in [3.05, 3.63) is 18.7 Å². The Labute approximate surface area is 140 Å².